The molecular weight excluding hydrogens is 206 g/mol. The number of hydrogen-bond acceptors (Lipinski definition) is 1. The predicted molar refractivity (Wildman–Crippen MR) is 19.3 cm³/mol. The minimum Gasteiger partial charge on any atom is -0.0261 e. The van der Waals surface area contributed by atoms with Crippen LogP contribution in [-0.4, -0.2) is 0 Å². The summed E-state index contributed by atoms with van der Waals surface area (Å²) in [5, 5.41) is 0. The predicted octanol–water partition coefficient (Wildman–Crippen LogP) is 2.02. The molecule has 0 aromatic carbocycles. The molecule has 0 fully saturated rings. The van der Waals surface area contributed by atoms with Gasteiger partial charge in [0.1, 0.15) is 0 Å². The second-order valence-electron chi connectivity index (χ2n) is 0.0583. The van der Waals surface area contributed by atoms with Gasteiger partial charge in [-0.3, -0.25) is 0 Å². The van der Waals surface area contributed by atoms with Crippen molar-refractivity contribution in [3.63, 3.8) is 0 Å². The summed E-state index contributed by atoms with van der Waals surface area (Å²) >= 11 is 0. The van der Waals surface area contributed by atoms with Crippen LogP contribution in [0, 0.1) is 0 Å². The maximum absolute atomic E-state index is 4.68. The van der Waals surface area contributed by atoms with Gasteiger partial charge in [0.05, 0.1) is 10.2 Å². The average Bonchev–Trinajstić information content (AvgIpc) is 0.918. The second-order valence-corrected chi connectivity index (χ2v) is 1.57. The molecule has 0 saturated carbocycles. The van der Waals surface area contributed by atoms with Gasteiger partial charge in [-0.25, -0.2) is 0 Å². The molecule has 0 N–H and O–H groups in total. The molecule has 0 saturated heterocycles. The SMILES string of the molecule is ClSCl.[Rh]. The Labute approximate surface area is 51.0 Å². The van der Waals surface area contributed by atoms with E-state index < -0.39 is 0 Å². The minimum absolute atomic E-state index is 0. The Morgan fingerprint density at radius 2 is 1.25 bits per heavy atom. The summed E-state index contributed by atoms with van der Waals surface area (Å²) in [5.41, 5.74) is 0. The number of hydrogen-bond donors (Lipinski definition) is 0. The van der Waals surface area contributed by atoms with Gasteiger partial charge < -0.3 is 0 Å². The van der Waals surface area contributed by atoms with Crippen molar-refractivity contribution < 1.29 is 19.5 Å². The van der Waals surface area contributed by atoms with Crippen molar-refractivity contribution in [1.82, 2.24) is 0 Å². The van der Waals surface area contributed by atoms with Crippen LogP contribution in [0.15, 0.2) is 0 Å². The van der Waals surface area contributed by atoms with Gasteiger partial charge in [0.2, 0.25) is 0 Å². The maximum Gasteiger partial charge on any atom is 0.0523 e. The molecule has 4 heteroatoms. The van der Waals surface area contributed by atoms with E-state index in [1.807, 2.05) is 0 Å². The van der Waals surface area contributed by atoms with Crippen molar-refractivity contribution in [3.8, 4) is 0 Å². The molecular formula is Cl2RhS. The Hall–Kier alpha value is 1.55. The summed E-state index contributed by atoms with van der Waals surface area (Å²) < 4.78 is 0. The van der Waals surface area contributed by atoms with E-state index in [1.165, 1.54) is 0 Å². The maximum atomic E-state index is 4.68. The van der Waals surface area contributed by atoms with Gasteiger partial charge in [-0.05, 0) is 21.4 Å². The van der Waals surface area contributed by atoms with E-state index in [2.05, 4.69) is 21.4 Å². The van der Waals surface area contributed by atoms with Crippen LogP contribution in [0.4, 0.5) is 0 Å². The molecule has 0 aliphatic rings. The zero-order valence-corrected chi connectivity index (χ0v) is 5.46. The molecule has 0 aliphatic carbocycles. The molecule has 0 heterocycles. The first-order chi connectivity index (χ1) is 1.41. The van der Waals surface area contributed by atoms with Gasteiger partial charge in [0.15, 0.2) is 0 Å². The van der Waals surface area contributed by atoms with E-state index in [0.29, 0.717) is 10.2 Å². The van der Waals surface area contributed by atoms with E-state index in [1.54, 1.807) is 0 Å². The van der Waals surface area contributed by atoms with Gasteiger partial charge in [-0.15, -0.1) is 0 Å². The summed E-state index contributed by atoms with van der Waals surface area (Å²) in [6, 6.07) is 0. The normalized spacial score (nSPS) is 4.50. The quantitative estimate of drug-likeness (QED) is 0.546. The Kier molecular flexibility index (Phi) is 20.1. The van der Waals surface area contributed by atoms with Crippen LogP contribution in [0.3, 0.4) is 0 Å². The van der Waals surface area contributed by atoms with Gasteiger partial charge in [0.25, 0.3) is 0 Å². The first kappa shape index (κ1) is 9.12. The van der Waals surface area contributed by atoms with E-state index in [-0.39, 0.29) is 19.5 Å². The van der Waals surface area contributed by atoms with Crippen molar-refractivity contribution in [2.24, 2.45) is 0 Å². The van der Waals surface area contributed by atoms with E-state index >= 15 is 0 Å². The van der Waals surface area contributed by atoms with Gasteiger partial charge in [0, 0.05) is 19.5 Å². The Morgan fingerprint density at radius 3 is 1.25 bits per heavy atom. The topological polar surface area (TPSA) is 0 Å². The second kappa shape index (κ2) is 8.82. The molecule has 4 heavy (non-hydrogen) atoms. The summed E-state index contributed by atoms with van der Waals surface area (Å²) in [4.78, 5) is 0. The molecule has 0 unspecified atom stereocenters. The number of halogens is 2. The standard InChI is InChI=1S/Cl2S.Rh/c1-3-2;. The molecule has 0 bridgehead atoms. The average molecular weight is 206 g/mol. The molecule has 0 aromatic heterocycles. The Bertz CT molecular complexity index is 6.00. The fourth-order valence-electron chi connectivity index (χ4n) is 0. The smallest absolute Gasteiger partial charge is 0.0261 e. The largest absolute Gasteiger partial charge is 0.0523 e. The van der Waals surface area contributed by atoms with Crippen LogP contribution in [0.25, 0.3) is 0 Å². The van der Waals surface area contributed by atoms with Crippen LogP contribution in [0.2, 0.25) is 0 Å². The van der Waals surface area contributed by atoms with E-state index in [0.717, 1.165) is 0 Å². The van der Waals surface area contributed by atoms with Crippen molar-refractivity contribution in [2.75, 3.05) is 0 Å². The summed E-state index contributed by atoms with van der Waals surface area (Å²) in [7, 11) is 10.1. The molecule has 29 valence electrons. The van der Waals surface area contributed by atoms with Crippen molar-refractivity contribution in [2.45, 2.75) is 0 Å². The van der Waals surface area contributed by atoms with Crippen molar-refractivity contribution >= 4 is 31.6 Å². The zero-order chi connectivity index (χ0) is 2.71. The van der Waals surface area contributed by atoms with Crippen molar-refractivity contribution in [1.29, 1.82) is 0 Å². The first-order valence-corrected chi connectivity index (χ1v) is 2.78. The minimum atomic E-state index is 0. The third kappa shape index (κ3) is 9.60. The number of rotatable bonds is 0. The van der Waals surface area contributed by atoms with E-state index in [4.69, 9.17) is 0 Å². The van der Waals surface area contributed by atoms with Crippen LogP contribution in [-0.2, 0) is 19.5 Å². The summed E-state index contributed by atoms with van der Waals surface area (Å²) in [6.45, 7) is 0. The Morgan fingerprint density at radius 1 is 1.25 bits per heavy atom. The van der Waals surface area contributed by atoms with E-state index in [9.17, 15) is 0 Å². The fourth-order valence-corrected chi connectivity index (χ4v) is 0. The third-order valence-corrected chi connectivity index (χ3v) is 0. The zero-order valence-electron chi connectivity index (χ0n) is 1.50. The Balaban J connectivity index is 0. The molecule has 0 rings (SSSR count). The molecule has 0 amide bonds. The van der Waals surface area contributed by atoms with Crippen molar-refractivity contribution in [3.05, 3.63) is 0 Å². The summed E-state index contributed by atoms with van der Waals surface area (Å²) in [5.74, 6) is 0. The summed E-state index contributed by atoms with van der Waals surface area (Å²) in [6.07, 6.45) is 0. The molecule has 0 spiro atoms. The van der Waals surface area contributed by atoms with Crippen LogP contribution in [0.5, 0.6) is 0 Å². The van der Waals surface area contributed by atoms with Gasteiger partial charge in [-0.2, -0.15) is 0 Å². The molecule has 0 atom stereocenters. The molecule has 0 aliphatic heterocycles. The van der Waals surface area contributed by atoms with Crippen LogP contribution in [0.1, 0.15) is 0 Å². The van der Waals surface area contributed by atoms with Crippen LogP contribution >= 0.6 is 31.6 Å². The molecule has 0 aromatic rings. The third-order valence-electron chi connectivity index (χ3n) is 0. The monoisotopic (exact) mass is 205 g/mol. The fraction of sp³-hybridized carbons (Fsp3) is 0. The first-order valence-electron chi connectivity index (χ1n) is 0.309. The van der Waals surface area contributed by atoms with Crippen LogP contribution < -0.4 is 0 Å². The molecule has 1 radical (unpaired) electrons. The van der Waals surface area contributed by atoms with Gasteiger partial charge in [-0.1, -0.05) is 0 Å². The molecule has 0 nitrogen and oxygen atoms in total. The van der Waals surface area contributed by atoms with Gasteiger partial charge >= 0.3 is 0 Å².